The van der Waals surface area contributed by atoms with Crippen molar-refractivity contribution in [1.82, 2.24) is 0 Å². The molecule has 0 saturated carbocycles. The summed E-state index contributed by atoms with van der Waals surface area (Å²) >= 11 is 0. The van der Waals surface area contributed by atoms with Crippen LogP contribution in [0.1, 0.15) is 36.5 Å². The molecule has 0 aliphatic heterocycles. The monoisotopic (exact) mass is 262 g/mol. The quantitative estimate of drug-likeness (QED) is 0.852. The summed E-state index contributed by atoms with van der Waals surface area (Å²) < 4.78 is 22.1. The average molecular weight is 263 g/mol. The number of rotatable bonds is 3. The summed E-state index contributed by atoms with van der Waals surface area (Å²) in [5, 5.41) is 9.98. The molecule has 1 rings (SSSR count). The van der Waals surface area contributed by atoms with Gasteiger partial charge in [0, 0.05) is 16.2 Å². The summed E-state index contributed by atoms with van der Waals surface area (Å²) in [5.41, 5.74) is 1.85. The van der Waals surface area contributed by atoms with Gasteiger partial charge < -0.3 is 5.11 Å². The molecule has 0 aliphatic carbocycles. The highest BCUT2D eigenvalue weighted by atomic mass is 35.7. The van der Waals surface area contributed by atoms with Crippen molar-refractivity contribution in [3.8, 4) is 5.75 Å². The SMILES string of the molecule is Cc1ccc(C(C)C)c(O)c1CS(=O)(=O)Cl. The minimum absolute atomic E-state index is 0.0409. The van der Waals surface area contributed by atoms with Gasteiger partial charge in [-0.05, 0) is 24.0 Å². The van der Waals surface area contributed by atoms with E-state index in [0.717, 1.165) is 11.1 Å². The molecule has 0 radical (unpaired) electrons. The zero-order valence-electron chi connectivity index (χ0n) is 9.49. The third kappa shape index (κ3) is 3.12. The number of phenolic OH excluding ortho intramolecular Hbond substituents is 1. The molecule has 0 amide bonds. The van der Waals surface area contributed by atoms with Gasteiger partial charge in [-0.1, -0.05) is 26.0 Å². The first-order valence-corrected chi connectivity index (χ1v) is 7.44. The molecule has 5 heteroatoms. The molecule has 3 nitrogen and oxygen atoms in total. The van der Waals surface area contributed by atoms with Crippen LogP contribution in [-0.4, -0.2) is 13.5 Å². The van der Waals surface area contributed by atoms with Crippen LogP contribution in [0.3, 0.4) is 0 Å². The topological polar surface area (TPSA) is 54.4 Å². The number of aryl methyl sites for hydroxylation is 1. The molecular formula is C11H15ClO3S. The van der Waals surface area contributed by atoms with E-state index in [0.29, 0.717) is 5.56 Å². The lowest BCUT2D eigenvalue weighted by Gasteiger charge is -2.13. The number of halogens is 1. The predicted molar refractivity (Wildman–Crippen MR) is 65.4 cm³/mol. The molecule has 0 bridgehead atoms. The number of hydrogen-bond acceptors (Lipinski definition) is 3. The lowest BCUT2D eigenvalue weighted by Crippen LogP contribution is -2.01. The Morgan fingerprint density at radius 2 is 1.94 bits per heavy atom. The van der Waals surface area contributed by atoms with E-state index >= 15 is 0 Å². The highest BCUT2D eigenvalue weighted by Gasteiger charge is 2.17. The van der Waals surface area contributed by atoms with Crippen molar-refractivity contribution >= 4 is 19.7 Å². The van der Waals surface area contributed by atoms with Crippen LogP contribution >= 0.6 is 10.7 Å². The third-order valence-electron chi connectivity index (χ3n) is 2.49. The normalized spacial score (nSPS) is 12.1. The smallest absolute Gasteiger partial charge is 0.236 e. The van der Waals surface area contributed by atoms with Gasteiger partial charge in [0.05, 0.1) is 5.75 Å². The van der Waals surface area contributed by atoms with Gasteiger partial charge in [0.1, 0.15) is 5.75 Å². The fourth-order valence-electron chi connectivity index (χ4n) is 1.58. The number of hydrogen-bond donors (Lipinski definition) is 1. The second-order valence-corrected chi connectivity index (χ2v) is 6.91. The maximum Gasteiger partial charge on any atom is 0.236 e. The summed E-state index contributed by atoms with van der Waals surface area (Å²) in [6, 6.07) is 3.60. The molecule has 0 spiro atoms. The minimum atomic E-state index is -3.65. The summed E-state index contributed by atoms with van der Waals surface area (Å²) in [4.78, 5) is 0. The molecule has 90 valence electrons. The number of aromatic hydroxyl groups is 1. The van der Waals surface area contributed by atoms with E-state index in [9.17, 15) is 13.5 Å². The summed E-state index contributed by atoms with van der Waals surface area (Å²) in [5.74, 6) is -0.163. The van der Waals surface area contributed by atoms with Gasteiger partial charge in [-0.3, -0.25) is 0 Å². The Morgan fingerprint density at radius 3 is 2.38 bits per heavy atom. The molecule has 0 atom stereocenters. The molecule has 0 aromatic heterocycles. The fourth-order valence-corrected chi connectivity index (χ4v) is 2.61. The first-order valence-electron chi connectivity index (χ1n) is 4.96. The lowest BCUT2D eigenvalue weighted by atomic mass is 9.97. The van der Waals surface area contributed by atoms with Crippen LogP contribution in [0.25, 0.3) is 0 Å². The van der Waals surface area contributed by atoms with Crippen LogP contribution in [0.2, 0.25) is 0 Å². The predicted octanol–water partition coefficient (Wildman–Crippen LogP) is 2.89. The Balaban J connectivity index is 3.32. The van der Waals surface area contributed by atoms with Crippen molar-refractivity contribution in [2.24, 2.45) is 0 Å². The lowest BCUT2D eigenvalue weighted by molar-refractivity contribution is 0.459. The van der Waals surface area contributed by atoms with Crippen molar-refractivity contribution in [3.63, 3.8) is 0 Å². The van der Waals surface area contributed by atoms with Crippen LogP contribution in [0.4, 0.5) is 0 Å². The molecule has 1 aromatic carbocycles. The standard InChI is InChI=1S/C11H15ClO3S/c1-7(2)9-5-4-8(3)10(11(9)13)6-16(12,14)15/h4-5,7,13H,6H2,1-3H3. The average Bonchev–Trinajstić information content (AvgIpc) is 2.10. The van der Waals surface area contributed by atoms with Crippen molar-refractivity contribution in [2.45, 2.75) is 32.4 Å². The van der Waals surface area contributed by atoms with Gasteiger partial charge >= 0.3 is 0 Å². The maximum absolute atomic E-state index is 11.0. The Morgan fingerprint density at radius 1 is 1.38 bits per heavy atom. The van der Waals surface area contributed by atoms with E-state index in [-0.39, 0.29) is 17.4 Å². The molecule has 0 aliphatic rings. The minimum Gasteiger partial charge on any atom is -0.507 e. The number of benzene rings is 1. The van der Waals surface area contributed by atoms with E-state index in [2.05, 4.69) is 0 Å². The second kappa shape index (κ2) is 4.63. The van der Waals surface area contributed by atoms with Crippen LogP contribution in [0, 0.1) is 6.92 Å². The van der Waals surface area contributed by atoms with Gasteiger partial charge in [-0.15, -0.1) is 0 Å². The van der Waals surface area contributed by atoms with Gasteiger partial charge in [0.25, 0.3) is 0 Å². The summed E-state index contributed by atoms with van der Waals surface area (Å²) in [6.45, 7) is 5.62. The second-order valence-electron chi connectivity index (χ2n) is 4.14. The van der Waals surface area contributed by atoms with Crippen molar-refractivity contribution in [3.05, 3.63) is 28.8 Å². The van der Waals surface area contributed by atoms with Crippen molar-refractivity contribution in [1.29, 1.82) is 0 Å². The van der Waals surface area contributed by atoms with E-state index in [1.807, 2.05) is 13.8 Å². The Labute approximate surface area is 100 Å². The maximum atomic E-state index is 11.0. The zero-order valence-corrected chi connectivity index (χ0v) is 11.1. The third-order valence-corrected chi connectivity index (χ3v) is 3.45. The van der Waals surface area contributed by atoms with Crippen molar-refractivity contribution < 1.29 is 13.5 Å². The van der Waals surface area contributed by atoms with Crippen LogP contribution in [-0.2, 0) is 14.8 Å². The van der Waals surface area contributed by atoms with E-state index in [4.69, 9.17) is 10.7 Å². The Kier molecular flexibility index (Phi) is 3.86. The van der Waals surface area contributed by atoms with E-state index < -0.39 is 9.05 Å². The highest BCUT2D eigenvalue weighted by Crippen LogP contribution is 2.32. The summed E-state index contributed by atoms with van der Waals surface area (Å²) in [7, 11) is 1.55. The molecule has 1 aromatic rings. The number of phenols is 1. The molecule has 0 saturated heterocycles. The first kappa shape index (κ1) is 13.3. The molecule has 0 fully saturated rings. The van der Waals surface area contributed by atoms with E-state index in [1.165, 1.54) is 0 Å². The van der Waals surface area contributed by atoms with Gasteiger partial charge in [-0.2, -0.15) is 0 Å². The van der Waals surface area contributed by atoms with Crippen LogP contribution in [0.5, 0.6) is 5.75 Å². The first-order chi connectivity index (χ1) is 7.22. The molecular weight excluding hydrogens is 248 g/mol. The summed E-state index contributed by atoms with van der Waals surface area (Å²) in [6.07, 6.45) is 0. The van der Waals surface area contributed by atoms with Gasteiger partial charge in [-0.25, -0.2) is 8.42 Å². The largest absolute Gasteiger partial charge is 0.507 e. The molecule has 16 heavy (non-hydrogen) atoms. The van der Waals surface area contributed by atoms with Crippen LogP contribution < -0.4 is 0 Å². The fraction of sp³-hybridized carbons (Fsp3) is 0.455. The molecule has 1 N–H and O–H groups in total. The molecule has 0 unspecified atom stereocenters. The zero-order chi connectivity index (χ0) is 12.5. The van der Waals surface area contributed by atoms with E-state index in [1.54, 1.807) is 19.1 Å². The Bertz CT molecular complexity index is 492. The Hall–Kier alpha value is -0.740. The van der Waals surface area contributed by atoms with Gasteiger partial charge in [0.15, 0.2) is 0 Å². The van der Waals surface area contributed by atoms with Crippen molar-refractivity contribution in [2.75, 3.05) is 0 Å². The molecule has 0 heterocycles. The highest BCUT2D eigenvalue weighted by molar-refractivity contribution is 8.13. The van der Waals surface area contributed by atoms with Gasteiger partial charge in [0.2, 0.25) is 9.05 Å². The van der Waals surface area contributed by atoms with Crippen LogP contribution in [0.15, 0.2) is 12.1 Å².